The zero-order valence-corrected chi connectivity index (χ0v) is 13.3. The van der Waals surface area contributed by atoms with Crippen molar-refractivity contribution in [2.75, 3.05) is 5.32 Å². The number of nitrogens with zero attached hydrogens (tertiary/aromatic N) is 1. The highest BCUT2D eigenvalue weighted by Crippen LogP contribution is 2.27. The van der Waals surface area contributed by atoms with Crippen molar-refractivity contribution in [3.05, 3.63) is 74.3 Å². The van der Waals surface area contributed by atoms with Crippen molar-refractivity contribution in [3.63, 3.8) is 0 Å². The summed E-state index contributed by atoms with van der Waals surface area (Å²) in [5, 5.41) is 13.4. The van der Waals surface area contributed by atoms with E-state index >= 15 is 0 Å². The predicted molar refractivity (Wildman–Crippen MR) is 89.6 cm³/mol. The summed E-state index contributed by atoms with van der Waals surface area (Å²) >= 11 is 3.25. The number of hydrogen-bond donors (Lipinski definition) is 1. The Kier molecular flexibility index (Phi) is 5.06. The molecular formula is C16H13BrN2O3. The Morgan fingerprint density at radius 3 is 2.55 bits per heavy atom. The molecule has 22 heavy (non-hydrogen) atoms. The van der Waals surface area contributed by atoms with Gasteiger partial charge in [0.25, 0.3) is 5.69 Å². The Bertz CT molecular complexity index is 740. The minimum atomic E-state index is -0.510. The van der Waals surface area contributed by atoms with Crippen molar-refractivity contribution in [1.82, 2.24) is 0 Å². The van der Waals surface area contributed by atoms with Crippen LogP contribution in [0.1, 0.15) is 11.1 Å². The molecule has 6 heteroatoms. The average molecular weight is 361 g/mol. The zero-order chi connectivity index (χ0) is 16.1. The summed E-state index contributed by atoms with van der Waals surface area (Å²) in [6, 6.07) is 11.9. The fourth-order valence-electron chi connectivity index (χ4n) is 1.75. The third-order valence-electron chi connectivity index (χ3n) is 2.92. The van der Waals surface area contributed by atoms with Crippen LogP contribution in [0.25, 0.3) is 6.08 Å². The van der Waals surface area contributed by atoms with Crippen LogP contribution in [0.5, 0.6) is 0 Å². The number of anilines is 1. The van der Waals surface area contributed by atoms with E-state index in [2.05, 4.69) is 21.2 Å². The summed E-state index contributed by atoms with van der Waals surface area (Å²) in [4.78, 5) is 22.1. The number of benzene rings is 2. The fourth-order valence-corrected chi connectivity index (χ4v) is 2.09. The number of carbonyl (C=O) groups excluding carboxylic acids is 1. The van der Waals surface area contributed by atoms with Crippen LogP contribution >= 0.6 is 15.9 Å². The van der Waals surface area contributed by atoms with Gasteiger partial charge in [0.1, 0.15) is 0 Å². The first kappa shape index (κ1) is 15.9. The van der Waals surface area contributed by atoms with Crippen molar-refractivity contribution >= 4 is 39.3 Å². The van der Waals surface area contributed by atoms with Gasteiger partial charge >= 0.3 is 0 Å². The topological polar surface area (TPSA) is 72.2 Å². The molecule has 5 nitrogen and oxygen atoms in total. The second-order valence-electron chi connectivity index (χ2n) is 4.65. The van der Waals surface area contributed by atoms with E-state index < -0.39 is 4.92 Å². The maximum absolute atomic E-state index is 11.9. The maximum atomic E-state index is 11.9. The molecule has 2 aromatic carbocycles. The molecule has 112 valence electrons. The Morgan fingerprint density at radius 2 is 1.91 bits per heavy atom. The van der Waals surface area contributed by atoms with E-state index in [0.29, 0.717) is 10.2 Å². The molecule has 0 atom stereocenters. The van der Waals surface area contributed by atoms with Gasteiger partial charge in [-0.1, -0.05) is 29.8 Å². The molecule has 0 unspecified atom stereocenters. The molecule has 0 aliphatic rings. The number of halogens is 1. The Hall–Kier alpha value is -2.47. The first-order valence-corrected chi connectivity index (χ1v) is 7.24. The summed E-state index contributed by atoms with van der Waals surface area (Å²) in [5.74, 6) is -0.359. The smallest absolute Gasteiger partial charge is 0.271 e. The van der Waals surface area contributed by atoms with Gasteiger partial charge in [-0.2, -0.15) is 0 Å². The number of hydrogen-bond acceptors (Lipinski definition) is 3. The van der Waals surface area contributed by atoms with Crippen LogP contribution in [0.15, 0.2) is 53.0 Å². The van der Waals surface area contributed by atoms with Crippen LogP contribution in [0.2, 0.25) is 0 Å². The molecule has 0 spiro atoms. The number of nitro benzene ring substituents is 1. The molecule has 2 aromatic rings. The minimum Gasteiger partial charge on any atom is -0.321 e. The largest absolute Gasteiger partial charge is 0.321 e. The molecule has 0 saturated carbocycles. The van der Waals surface area contributed by atoms with Gasteiger partial charge in [0.15, 0.2) is 0 Å². The number of carbonyl (C=O) groups is 1. The lowest BCUT2D eigenvalue weighted by atomic mass is 10.1. The summed E-state index contributed by atoms with van der Waals surface area (Å²) in [5.41, 5.74) is 2.31. The lowest BCUT2D eigenvalue weighted by molar-refractivity contribution is -0.384. The van der Waals surface area contributed by atoms with Crippen molar-refractivity contribution in [2.45, 2.75) is 6.92 Å². The van der Waals surface area contributed by atoms with Crippen LogP contribution < -0.4 is 5.32 Å². The monoisotopic (exact) mass is 360 g/mol. The third-order valence-corrected chi connectivity index (χ3v) is 3.61. The first-order valence-electron chi connectivity index (χ1n) is 6.45. The molecule has 0 fully saturated rings. The minimum absolute atomic E-state index is 0.0824. The first-order chi connectivity index (χ1) is 10.5. The molecule has 0 radical (unpaired) electrons. The van der Waals surface area contributed by atoms with Crippen molar-refractivity contribution in [1.29, 1.82) is 0 Å². The number of rotatable bonds is 4. The van der Waals surface area contributed by atoms with Crippen LogP contribution in [0, 0.1) is 17.0 Å². The van der Waals surface area contributed by atoms with Gasteiger partial charge in [-0.05, 0) is 40.6 Å². The highest BCUT2D eigenvalue weighted by molar-refractivity contribution is 9.10. The second kappa shape index (κ2) is 7.00. The number of non-ortho nitro benzene ring substituents is 1. The van der Waals surface area contributed by atoms with Gasteiger partial charge in [-0.3, -0.25) is 14.9 Å². The summed E-state index contributed by atoms with van der Waals surface area (Å²) in [7, 11) is 0. The standard InChI is InChI=1S/C16H13BrN2O3/c1-11-2-4-12(5-3-11)6-9-16(20)18-15-10-13(19(21)22)7-8-14(15)17/h2-10H,1H3,(H,18,20)/b9-6+. The van der Waals surface area contributed by atoms with E-state index in [1.54, 1.807) is 6.08 Å². The van der Waals surface area contributed by atoms with E-state index in [9.17, 15) is 14.9 Å². The Labute approximate surface area is 135 Å². The normalized spacial score (nSPS) is 10.6. The van der Waals surface area contributed by atoms with E-state index in [1.807, 2.05) is 31.2 Å². The van der Waals surface area contributed by atoms with Gasteiger partial charge < -0.3 is 5.32 Å². The SMILES string of the molecule is Cc1ccc(/C=C/C(=O)Nc2cc([N+](=O)[O-])ccc2Br)cc1. The molecule has 2 rings (SSSR count). The van der Waals surface area contributed by atoms with Gasteiger partial charge in [0.2, 0.25) is 5.91 Å². The highest BCUT2D eigenvalue weighted by Gasteiger charge is 2.10. The summed E-state index contributed by atoms with van der Waals surface area (Å²) in [6.07, 6.45) is 3.07. The molecule has 0 aliphatic carbocycles. The summed E-state index contributed by atoms with van der Waals surface area (Å²) < 4.78 is 0.579. The molecule has 0 aromatic heterocycles. The number of aryl methyl sites for hydroxylation is 1. The van der Waals surface area contributed by atoms with E-state index in [0.717, 1.165) is 11.1 Å². The third kappa shape index (κ3) is 4.26. The molecule has 0 aliphatic heterocycles. The lowest BCUT2D eigenvalue weighted by Gasteiger charge is -2.04. The molecule has 0 bridgehead atoms. The second-order valence-corrected chi connectivity index (χ2v) is 5.51. The Morgan fingerprint density at radius 1 is 1.23 bits per heavy atom. The predicted octanol–water partition coefficient (Wildman–Crippen LogP) is 4.32. The van der Waals surface area contributed by atoms with Crippen molar-refractivity contribution < 1.29 is 9.72 Å². The van der Waals surface area contributed by atoms with Crippen molar-refractivity contribution in [3.8, 4) is 0 Å². The van der Waals surface area contributed by atoms with Gasteiger partial charge in [-0.25, -0.2) is 0 Å². The summed E-state index contributed by atoms with van der Waals surface area (Å²) in [6.45, 7) is 1.99. The average Bonchev–Trinajstić information content (AvgIpc) is 2.48. The Balaban J connectivity index is 2.10. The molecule has 1 amide bonds. The van der Waals surface area contributed by atoms with Gasteiger partial charge in [0.05, 0.1) is 10.6 Å². The number of nitrogens with one attached hydrogen (secondary N) is 1. The van der Waals surface area contributed by atoms with E-state index in [1.165, 1.54) is 24.3 Å². The van der Waals surface area contributed by atoms with Crippen molar-refractivity contribution in [2.24, 2.45) is 0 Å². The molecule has 0 saturated heterocycles. The van der Waals surface area contributed by atoms with Gasteiger partial charge in [0, 0.05) is 22.7 Å². The highest BCUT2D eigenvalue weighted by atomic mass is 79.9. The molecule has 1 N–H and O–H groups in total. The lowest BCUT2D eigenvalue weighted by Crippen LogP contribution is -2.08. The van der Waals surface area contributed by atoms with Crippen LogP contribution in [-0.2, 0) is 4.79 Å². The maximum Gasteiger partial charge on any atom is 0.271 e. The van der Waals surface area contributed by atoms with Crippen LogP contribution in [0.3, 0.4) is 0 Å². The van der Waals surface area contributed by atoms with Crippen LogP contribution in [-0.4, -0.2) is 10.8 Å². The zero-order valence-electron chi connectivity index (χ0n) is 11.7. The van der Waals surface area contributed by atoms with E-state index in [-0.39, 0.29) is 11.6 Å². The quantitative estimate of drug-likeness (QED) is 0.501. The van der Waals surface area contributed by atoms with Crippen LogP contribution in [0.4, 0.5) is 11.4 Å². The fraction of sp³-hybridized carbons (Fsp3) is 0.0625. The molecular weight excluding hydrogens is 348 g/mol. The van der Waals surface area contributed by atoms with E-state index in [4.69, 9.17) is 0 Å². The number of nitro groups is 1. The number of amides is 1. The molecule has 0 heterocycles. The van der Waals surface area contributed by atoms with Gasteiger partial charge in [-0.15, -0.1) is 0 Å².